The molecule has 0 atom stereocenters. The molecule has 0 saturated carbocycles. The maximum Gasteiger partial charge on any atom is 0.235 e. The summed E-state index contributed by atoms with van der Waals surface area (Å²) in [5, 5.41) is 0.668. The number of aryl methyl sites for hydroxylation is 1. The summed E-state index contributed by atoms with van der Waals surface area (Å²) < 4.78 is 0. The van der Waals surface area contributed by atoms with Crippen molar-refractivity contribution in [1.82, 2.24) is 0 Å². The van der Waals surface area contributed by atoms with E-state index in [9.17, 15) is 4.79 Å². The fourth-order valence-corrected chi connectivity index (χ4v) is 2.47. The molecule has 0 unspecified atom stereocenters. The van der Waals surface area contributed by atoms with Gasteiger partial charge in [-0.05, 0) is 36.8 Å². The van der Waals surface area contributed by atoms with Gasteiger partial charge in [0.2, 0.25) is 5.91 Å². The topological polar surface area (TPSA) is 20.3 Å². The van der Waals surface area contributed by atoms with E-state index in [0.717, 1.165) is 16.9 Å². The van der Waals surface area contributed by atoms with Crippen LogP contribution in [-0.2, 0) is 4.79 Å². The highest BCUT2D eigenvalue weighted by molar-refractivity contribution is 6.30. The summed E-state index contributed by atoms with van der Waals surface area (Å²) in [6.45, 7) is 2.05. The second-order valence-corrected chi connectivity index (χ2v) is 5.30. The minimum Gasteiger partial charge on any atom is -0.281 e. The first-order valence-corrected chi connectivity index (χ1v) is 6.89. The Kier molecular flexibility index (Phi) is 3.33. The number of anilines is 1. The molecule has 1 amide bonds. The van der Waals surface area contributed by atoms with Gasteiger partial charge in [-0.15, -0.1) is 0 Å². The van der Waals surface area contributed by atoms with Crippen molar-refractivity contribution in [1.29, 1.82) is 0 Å². The quantitative estimate of drug-likeness (QED) is 0.798. The number of amides is 1. The van der Waals surface area contributed by atoms with Crippen molar-refractivity contribution in [2.75, 3.05) is 4.90 Å². The molecule has 2 nitrogen and oxygen atoms in total. The van der Waals surface area contributed by atoms with Gasteiger partial charge >= 0.3 is 0 Å². The van der Waals surface area contributed by atoms with Gasteiger partial charge in [-0.3, -0.25) is 9.69 Å². The minimum atomic E-state index is 0.0860. The van der Waals surface area contributed by atoms with E-state index in [4.69, 9.17) is 11.6 Å². The second-order valence-electron chi connectivity index (χ2n) is 4.87. The Morgan fingerprint density at radius 3 is 2.30 bits per heavy atom. The Balaban J connectivity index is 2.00. The molecule has 1 heterocycles. The minimum absolute atomic E-state index is 0.0860. The molecule has 0 aromatic heterocycles. The molecule has 1 aliphatic heterocycles. The molecule has 100 valence electrons. The van der Waals surface area contributed by atoms with E-state index in [2.05, 4.69) is 19.1 Å². The number of nitrogens with zero attached hydrogens (tertiary/aromatic N) is 1. The molecule has 0 fully saturated rings. The number of carbonyl (C=O) groups excluding carboxylic acids is 1. The average Bonchev–Trinajstić information content (AvgIpc) is 2.83. The standard InChI is InChI=1S/C17H14ClNO/c1-12-2-4-13(5-3-12)16-10-11-17(20)19(16)15-8-6-14(18)7-9-15/h2-10H,11H2,1H3. The highest BCUT2D eigenvalue weighted by Gasteiger charge is 2.25. The van der Waals surface area contributed by atoms with Crippen molar-refractivity contribution in [3.8, 4) is 0 Å². The summed E-state index contributed by atoms with van der Waals surface area (Å²) in [5.74, 6) is 0.0860. The first-order valence-electron chi connectivity index (χ1n) is 6.51. The van der Waals surface area contributed by atoms with E-state index in [1.807, 2.05) is 30.3 Å². The maximum absolute atomic E-state index is 12.2. The predicted octanol–water partition coefficient (Wildman–Crippen LogP) is 4.43. The SMILES string of the molecule is Cc1ccc(C2=CCC(=O)N2c2ccc(Cl)cc2)cc1. The number of hydrogen-bond donors (Lipinski definition) is 0. The van der Waals surface area contributed by atoms with Gasteiger partial charge in [0.05, 0.1) is 5.70 Å². The largest absolute Gasteiger partial charge is 0.281 e. The summed E-state index contributed by atoms with van der Waals surface area (Å²) in [7, 11) is 0. The molecule has 2 aromatic carbocycles. The molecule has 0 radical (unpaired) electrons. The van der Waals surface area contributed by atoms with Crippen molar-refractivity contribution in [3.63, 3.8) is 0 Å². The van der Waals surface area contributed by atoms with Crippen LogP contribution >= 0.6 is 11.6 Å². The highest BCUT2D eigenvalue weighted by Crippen LogP contribution is 2.32. The second kappa shape index (κ2) is 5.14. The van der Waals surface area contributed by atoms with E-state index < -0.39 is 0 Å². The monoisotopic (exact) mass is 283 g/mol. The average molecular weight is 284 g/mol. The fraction of sp³-hybridized carbons (Fsp3) is 0.118. The van der Waals surface area contributed by atoms with Gasteiger partial charge in [0.25, 0.3) is 0 Å². The number of carbonyl (C=O) groups is 1. The third-order valence-electron chi connectivity index (χ3n) is 3.39. The van der Waals surface area contributed by atoms with E-state index in [1.54, 1.807) is 17.0 Å². The van der Waals surface area contributed by atoms with Crippen LogP contribution in [0.1, 0.15) is 17.5 Å². The number of halogens is 1. The smallest absolute Gasteiger partial charge is 0.235 e. The molecule has 0 spiro atoms. The lowest BCUT2D eigenvalue weighted by molar-refractivity contribution is -0.116. The molecule has 0 aliphatic carbocycles. The number of rotatable bonds is 2. The van der Waals surface area contributed by atoms with Crippen LogP contribution in [0.4, 0.5) is 5.69 Å². The number of hydrogen-bond acceptors (Lipinski definition) is 1. The molecule has 2 aromatic rings. The Morgan fingerprint density at radius 2 is 1.65 bits per heavy atom. The van der Waals surface area contributed by atoms with Crippen LogP contribution in [0.25, 0.3) is 5.70 Å². The van der Waals surface area contributed by atoms with Crippen molar-refractivity contribution < 1.29 is 4.79 Å². The summed E-state index contributed by atoms with van der Waals surface area (Å²) in [5.41, 5.74) is 4.05. The van der Waals surface area contributed by atoms with Gasteiger partial charge in [-0.25, -0.2) is 0 Å². The summed E-state index contributed by atoms with van der Waals surface area (Å²) in [4.78, 5) is 13.9. The van der Waals surface area contributed by atoms with Crippen LogP contribution in [0.3, 0.4) is 0 Å². The van der Waals surface area contributed by atoms with Gasteiger partial charge in [0.1, 0.15) is 0 Å². The maximum atomic E-state index is 12.2. The Bertz CT molecular complexity index is 671. The van der Waals surface area contributed by atoms with Crippen molar-refractivity contribution in [2.45, 2.75) is 13.3 Å². The summed E-state index contributed by atoms with van der Waals surface area (Å²) in [6.07, 6.45) is 2.41. The van der Waals surface area contributed by atoms with Gasteiger partial charge in [-0.2, -0.15) is 0 Å². The third-order valence-corrected chi connectivity index (χ3v) is 3.64. The lowest BCUT2D eigenvalue weighted by Crippen LogP contribution is -2.23. The summed E-state index contributed by atoms with van der Waals surface area (Å²) in [6, 6.07) is 15.5. The van der Waals surface area contributed by atoms with E-state index >= 15 is 0 Å². The Hall–Kier alpha value is -2.06. The van der Waals surface area contributed by atoms with Gasteiger partial charge < -0.3 is 0 Å². The Morgan fingerprint density at radius 1 is 1.00 bits per heavy atom. The molecule has 20 heavy (non-hydrogen) atoms. The first-order chi connectivity index (χ1) is 9.65. The van der Waals surface area contributed by atoms with Crippen molar-refractivity contribution in [2.24, 2.45) is 0 Å². The molecule has 0 bridgehead atoms. The first kappa shape index (κ1) is 12.9. The predicted molar refractivity (Wildman–Crippen MR) is 82.7 cm³/mol. The number of benzene rings is 2. The molecule has 0 N–H and O–H groups in total. The Labute approximate surface area is 123 Å². The van der Waals surface area contributed by atoms with Crippen molar-refractivity contribution >= 4 is 28.9 Å². The van der Waals surface area contributed by atoms with Crippen LogP contribution < -0.4 is 4.90 Å². The van der Waals surface area contributed by atoms with E-state index in [-0.39, 0.29) is 5.91 Å². The van der Waals surface area contributed by atoms with Gasteiger partial charge in [0, 0.05) is 17.1 Å². The van der Waals surface area contributed by atoms with Gasteiger partial charge in [0.15, 0.2) is 0 Å². The molecular formula is C17H14ClNO. The highest BCUT2D eigenvalue weighted by atomic mass is 35.5. The lowest BCUT2D eigenvalue weighted by atomic mass is 10.1. The molecule has 3 rings (SSSR count). The zero-order chi connectivity index (χ0) is 14.1. The molecule has 1 aliphatic rings. The van der Waals surface area contributed by atoms with Crippen LogP contribution in [-0.4, -0.2) is 5.91 Å². The third kappa shape index (κ3) is 2.35. The zero-order valence-electron chi connectivity index (χ0n) is 11.1. The molecular weight excluding hydrogens is 270 g/mol. The van der Waals surface area contributed by atoms with Crippen LogP contribution in [0.2, 0.25) is 5.02 Å². The van der Waals surface area contributed by atoms with E-state index in [1.165, 1.54) is 5.56 Å². The van der Waals surface area contributed by atoms with Crippen molar-refractivity contribution in [3.05, 3.63) is 70.8 Å². The lowest BCUT2D eigenvalue weighted by Gasteiger charge is -2.21. The summed E-state index contributed by atoms with van der Waals surface area (Å²) >= 11 is 5.91. The van der Waals surface area contributed by atoms with Crippen LogP contribution in [0, 0.1) is 6.92 Å². The normalized spacial score (nSPS) is 14.6. The van der Waals surface area contributed by atoms with E-state index in [0.29, 0.717) is 11.4 Å². The molecule has 3 heteroatoms. The van der Waals surface area contributed by atoms with Gasteiger partial charge in [-0.1, -0.05) is 47.5 Å². The molecule has 0 saturated heterocycles. The van der Waals surface area contributed by atoms with Crippen LogP contribution in [0.5, 0.6) is 0 Å². The fourth-order valence-electron chi connectivity index (χ4n) is 2.35. The van der Waals surface area contributed by atoms with Crippen LogP contribution in [0.15, 0.2) is 54.6 Å². The zero-order valence-corrected chi connectivity index (χ0v) is 11.9.